The van der Waals surface area contributed by atoms with E-state index in [9.17, 15) is 4.79 Å². The Hall–Kier alpha value is -1.57. The first-order chi connectivity index (χ1) is 7.33. The second-order valence-corrected chi connectivity index (χ2v) is 4.06. The van der Waals surface area contributed by atoms with E-state index in [1.165, 1.54) is 16.7 Å². The number of carbonyl (C=O) groups is 1. The van der Waals surface area contributed by atoms with Crippen LogP contribution in [-0.4, -0.2) is 12.4 Å². The number of ketones is 1. The Morgan fingerprint density at radius 1 is 1.13 bits per heavy atom. The Bertz CT molecular complexity index is 458. The average molecular weight is 200 g/mol. The summed E-state index contributed by atoms with van der Waals surface area (Å²) in [4.78, 5) is 11.2. The van der Waals surface area contributed by atoms with Gasteiger partial charge in [0, 0.05) is 12.8 Å². The molecule has 0 unspecified atom stereocenters. The molecule has 0 radical (unpaired) electrons. The zero-order chi connectivity index (χ0) is 10.3. The van der Waals surface area contributed by atoms with E-state index < -0.39 is 0 Å². The SMILES string of the molecule is O=C1C=C(c2ccc3c(c2)CCO3)CC1. The van der Waals surface area contributed by atoms with Crippen molar-refractivity contribution in [3.63, 3.8) is 0 Å². The molecule has 76 valence electrons. The molecule has 0 aromatic heterocycles. The summed E-state index contributed by atoms with van der Waals surface area (Å²) in [5, 5.41) is 0. The summed E-state index contributed by atoms with van der Waals surface area (Å²) in [6, 6.07) is 6.22. The van der Waals surface area contributed by atoms with Crippen LogP contribution in [0, 0.1) is 0 Å². The smallest absolute Gasteiger partial charge is 0.156 e. The molecule has 0 atom stereocenters. The van der Waals surface area contributed by atoms with Gasteiger partial charge in [0.25, 0.3) is 0 Å². The number of hydrogen-bond donors (Lipinski definition) is 0. The van der Waals surface area contributed by atoms with Crippen LogP contribution in [-0.2, 0) is 11.2 Å². The first-order valence-corrected chi connectivity index (χ1v) is 5.32. The molecule has 1 aliphatic heterocycles. The second-order valence-electron chi connectivity index (χ2n) is 4.06. The van der Waals surface area contributed by atoms with Crippen LogP contribution in [0.2, 0.25) is 0 Å². The van der Waals surface area contributed by atoms with Gasteiger partial charge in [0.2, 0.25) is 0 Å². The maximum Gasteiger partial charge on any atom is 0.156 e. The standard InChI is InChI=1S/C13H12O2/c14-12-3-1-10(8-12)9-2-4-13-11(7-9)5-6-15-13/h2,4,7-8H,1,3,5-6H2. The van der Waals surface area contributed by atoms with Gasteiger partial charge in [0.05, 0.1) is 6.61 Å². The number of benzene rings is 1. The van der Waals surface area contributed by atoms with E-state index in [4.69, 9.17) is 4.74 Å². The van der Waals surface area contributed by atoms with Gasteiger partial charge in [-0.25, -0.2) is 0 Å². The quantitative estimate of drug-likeness (QED) is 0.695. The van der Waals surface area contributed by atoms with Crippen molar-refractivity contribution in [2.45, 2.75) is 19.3 Å². The molecule has 2 aliphatic rings. The molecule has 0 fully saturated rings. The van der Waals surface area contributed by atoms with E-state index in [1.807, 2.05) is 6.07 Å². The Morgan fingerprint density at radius 2 is 2.07 bits per heavy atom. The fourth-order valence-electron chi connectivity index (χ4n) is 2.21. The van der Waals surface area contributed by atoms with Gasteiger partial charge < -0.3 is 4.74 Å². The zero-order valence-electron chi connectivity index (χ0n) is 8.45. The first kappa shape index (κ1) is 8.72. The van der Waals surface area contributed by atoms with Crippen LogP contribution in [0.15, 0.2) is 24.3 Å². The predicted octanol–water partition coefficient (Wildman–Crippen LogP) is 2.37. The van der Waals surface area contributed by atoms with Gasteiger partial charge in [0.1, 0.15) is 5.75 Å². The van der Waals surface area contributed by atoms with E-state index >= 15 is 0 Å². The lowest BCUT2D eigenvalue weighted by Gasteiger charge is -2.04. The van der Waals surface area contributed by atoms with Crippen molar-refractivity contribution in [3.05, 3.63) is 35.4 Å². The van der Waals surface area contributed by atoms with Crippen LogP contribution >= 0.6 is 0 Å². The summed E-state index contributed by atoms with van der Waals surface area (Å²) in [6.45, 7) is 0.788. The highest BCUT2D eigenvalue weighted by molar-refractivity contribution is 6.01. The van der Waals surface area contributed by atoms with Crippen LogP contribution in [0.3, 0.4) is 0 Å². The number of allylic oxidation sites excluding steroid dienone is 2. The van der Waals surface area contributed by atoms with Crippen molar-refractivity contribution >= 4 is 11.4 Å². The number of carbonyl (C=O) groups excluding carboxylic acids is 1. The number of fused-ring (bicyclic) bond motifs is 1. The minimum atomic E-state index is 0.252. The highest BCUT2D eigenvalue weighted by Gasteiger charge is 2.17. The Morgan fingerprint density at radius 3 is 2.87 bits per heavy atom. The molecule has 0 amide bonds. The molecule has 1 aromatic carbocycles. The molecule has 0 saturated carbocycles. The summed E-state index contributed by atoms with van der Waals surface area (Å²) in [7, 11) is 0. The third-order valence-corrected chi connectivity index (χ3v) is 3.04. The topological polar surface area (TPSA) is 26.3 Å². The lowest BCUT2D eigenvalue weighted by Crippen LogP contribution is -1.85. The second kappa shape index (κ2) is 3.23. The lowest BCUT2D eigenvalue weighted by molar-refractivity contribution is -0.114. The normalized spacial score (nSPS) is 18.7. The molecule has 1 aliphatic carbocycles. The molecule has 0 N–H and O–H groups in total. The molecular formula is C13H12O2. The Kier molecular flexibility index (Phi) is 1.88. The van der Waals surface area contributed by atoms with Crippen molar-refractivity contribution in [2.24, 2.45) is 0 Å². The first-order valence-electron chi connectivity index (χ1n) is 5.32. The van der Waals surface area contributed by atoms with Crippen LogP contribution in [0.5, 0.6) is 5.75 Å². The highest BCUT2D eigenvalue weighted by Crippen LogP contribution is 2.31. The summed E-state index contributed by atoms with van der Waals surface area (Å²) in [5.41, 5.74) is 3.63. The minimum absolute atomic E-state index is 0.252. The monoisotopic (exact) mass is 200 g/mol. The number of rotatable bonds is 1. The van der Waals surface area contributed by atoms with Crippen LogP contribution in [0.1, 0.15) is 24.0 Å². The predicted molar refractivity (Wildman–Crippen MR) is 57.9 cm³/mol. The third kappa shape index (κ3) is 1.46. The van der Waals surface area contributed by atoms with Crippen molar-refractivity contribution in [1.82, 2.24) is 0 Å². The molecular weight excluding hydrogens is 188 g/mol. The maximum absolute atomic E-state index is 11.2. The summed E-state index contributed by atoms with van der Waals surface area (Å²) >= 11 is 0. The largest absolute Gasteiger partial charge is 0.493 e. The van der Waals surface area contributed by atoms with Gasteiger partial charge in [-0.1, -0.05) is 6.07 Å². The van der Waals surface area contributed by atoms with E-state index in [0.29, 0.717) is 6.42 Å². The Balaban J connectivity index is 2.00. The molecule has 3 rings (SSSR count). The summed E-state index contributed by atoms with van der Waals surface area (Å²) in [6.07, 6.45) is 4.32. The van der Waals surface area contributed by atoms with Crippen molar-refractivity contribution < 1.29 is 9.53 Å². The van der Waals surface area contributed by atoms with Crippen LogP contribution in [0.25, 0.3) is 5.57 Å². The van der Waals surface area contributed by atoms with Gasteiger partial charge in [-0.3, -0.25) is 4.79 Å². The van der Waals surface area contributed by atoms with Gasteiger partial charge in [0.15, 0.2) is 5.78 Å². The molecule has 0 bridgehead atoms. The van der Waals surface area contributed by atoms with E-state index in [0.717, 1.165) is 25.2 Å². The van der Waals surface area contributed by atoms with Crippen molar-refractivity contribution in [3.8, 4) is 5.75 Å². The molecule has 1 aromatic rings. The number of hydrogen-bond acceptors (Lipinski definition) is 2. The van der Waals surface area contributed by atoms with Crippen LogP contribution < -0.4 is 4.74 Å². The van der Waals surface area contributed by atoms with Gasteiger partial charge in [-0.15, -0.1) is 0 Å². The summed E-state index contributed by atoms with van der Waals surface area (Å²) in [5.74, 6) is 1.26. The van der Waals surface area contributed by atoms with Gasteiger partial charge in [-0.05, 0) is 41.3 Å². The van der Waals surface area contributed by atoms with Crippen LogP contribution in [0.4, 0.5) is 0 Å². The molecule has 2 nitrogen and oxygen atoms in total. The van der Waals surface area contributed by atoms with E-state index in [2.05, 4.69) is 12.1 Å². The summed E-state index contributed by atoms with van der Waals surface area (Å²) < 4.78 is 5.45. The zero-order valence-corrected chi connectivity index (χ0v) is 8.45. The van der Waals surface area contributed by atoms with E-state index in [-0.39, 0.29) is 5.78 Å². The number of ether oxygens (including phenoxy) is 1. The minimum Gasteiger partial charge on any atom is -0.493 e. The average Bonchev–Trinajstić information content (AvgIpc) is 2.84. The fourth-order valence-corrected chi connectivity index (χ4v) is 2.21. The molecule has 1 heterocycles. The molecule has 0 saturated heterocycles. The van der Waals surface area contributed by atoms with Gasteiger partial charge >= 0.3 is 0 Å². The van der Waals surface area contributed by atoms with Crippen molar-refractivity contribution in [1.29, 1.82) is 0 Å². The molecule has 15 heavy (non-hydrogen) atoms. The highest BCUT2D eigenvalue weighted by atomic mass is 16.5. The maximum atomic E-state index is 11.2. The van der Waals surface area contributed by atoms with Gasteiger partial charge in [-0.2, -0.15) is 0 Å². The fraction of sp³-hybridized carbons (Fsp3) is 0.308. The van der Waals surface area contributed by atoms with E-state index in [1.54, 1.807) is 6.08 Å². The Labute approximate surface area is 88.6 Å². The third-order valence-electron chi connectivity index (χ3n) is 3.04. The lowest BCUT2D eigenvalue weighted by atomic mass is 10.0. The molecule has 0 spiro atoms. The van der Waals surface area contributed by atoms with Crippen molar-refractivity contribution in [2.75, 3.05) is 6.61 Å². The molecule has 2 heteroatoms.